The third-order valence-corrected chi connectivity index (χ3v) is 4.04. The predicted molar refractivity (Wildman–Crippen MR) is 102 cm³/mol. The molecule has 26 heavy (non-hydrogen) atoms. The van der Waals surface area contributed by atoms with Gasteiger partial charge in [-0.05, 0) is 43.9 Å². The Morgan fingerprint density at radius 2 is 1.77 bits per heavy atom. The van der Waals surface area contributed by atoms with E-state index in [-0.39, 0.29) is 0 Å². The smallest absolute Gasteiger partial charge is 0.330 e. The lowest BCUT2D eigenvalue weighted by atomic mass is 10.0. The zero-order valence-corrected chi connectivity index (χ0v) is 15.2. The van der Waals surface area contributed by atoms with Gasteiger partial charge in [-0.1, -0.05) is 55.3 Å². The van der Waals surface area contributed by atoms with Gasteiger partial charge in [0.1, 0.15) is 11.4 Å². The van der Waals surface area contributed by atoms with Crippen LogP contribution in [0.3, 0.4) is 0 Å². The van der Waals surface area contributed by atoms with Gasteiger partial charge in [-0.25, -0.2) is 4.79 Å². The average Bonchev–Trinajstić information content (AvgIpc) is 2.66. The van der Waals surface area contributed by atoms with Crippen LogP contribution in [0, 0.1) is 0 Å². The summed E-state index contributed by atoms with van der Waals surface area (Å²) in [6, 6.07) is 16.8. The minimum Gasteiger partial charge on any atom is -0.492 e. The highest BCUT2D eigenvalue weighted by atomic mass is 16.5. The number of carbonyl (C=O) groups is 1. The zero-order valence-electron chi connectivity index (χ0n) is 15.2. The van der Waals surface area contributed by atoms with Crippen molar-refractivity contribution in [2.45, 2.75) is 45.1 Å². The number of aryl methyl sites for hydroxylation is 1. The van der Waals surface area contributed by atoms with E-state index in [9.17, 15) is 9.90 Å². The molecule has 0 spiro atoms. The van der Waals surface area contributed by atoms with Crippen molar-refractivity contribution in [2.75, 3.05) is 6.61 Å². The molecule has 0 fully saturated rings. The Kier molecular flexibility index (Phi) is 8.33. The molecule has 1 N–H and O–H groups in total. The standard InChI is InChI=1S/C21H26N2O3/c1-2-26-20-16-10-9-14-18(20)22-23-19(21(24)25)15-8-4-7-13-17-11-5-3-6-12-17/h3,5-6,9-12,14,16,19H,2,4,7-8,13,15H2,1H3,(H,24,25). The van der Waals surface area contributed by atoms with Crippen molar-refractivity contribution < 1.29 is 14.6 Å². The van der Waals surface area contributed by atoms with E-state index in [1.807, 2.05) is 37.3 Å². The van der Waals surface area contributed by atoms with Crippen LogP contribution in [0.1, 0.15) is 38.2 Å². The van der Waals surface area contributed by atoms with Crippen molar-refractivity contribution in [2.24, 2.45) is 10.2 Å². The van der Waals surface area contributed by atoms with Gasteiger partial charge in [0.15, 0.2) is 6.04 Å². The van der Waals surface area contributed by atoms with Gasteiger partial charge in [0.05, 0.1) is 6.61 Å². The van der Waals surface area contributed by atoms with Gasteiger partial charge < -0.3 is 9.84 Å². The van der Waals surface area contributed by atoms with Crippen LogP contribution in [0.5, 0.6) is 5.75 Å². The molecular weight excluding hydrogens is 328 g/mol. The van der Waals surface area contributed by atoms with E-state index in [2.05, 4.69) is 22.4 Å². The number of hydrogen-bond acceptors (Lipinski definition) is 4. The third-order valence-electron chi connectivity index (χ3n) is 4.04. The first-order chi connectivity index (χ1) is 12.7. The van der Waals surface area contributed by atoms with Crippen LogP contribution in [0.25, 0.3) is 0 Å². The molecule has 0 saturated carbocycles. The first-order valence-corrected chi connectivity index (χ1v) is 9.10. The Morgan fingerprint density at radius 1 is 1.04 bits per heavy atom. The molecule has 0 radical (unpaired) electrons. The summed E-state index contributed by atoms with van der Waals surface area (Å²) in [5.41, 5.74) is 1.87. The summed E-state index contributed by atoms with van der Waals surface area (Å²) in [4.78, 5) is 11.4. The van der Waals surface area contributed by atoms with Gasteiger partial charge in [0.2, 0.25) is 0 Å². The van der Waals surface area contributed by atoms with Crippen LogP contribution in [0.15, 0.2) is 64.8 Å². The average molecular weight is 354 g/mol. The largest absolute Gasteiger partial charge is 0.492 e. The summed E-state index contributed by atoms with van der Waals surface area (Å²) in [5.74, 6) is -0.323. The lowest BCUT2D eigenvalue weighted by molar-refractivity contribution is -0.138. The molecule has 2 aromatic carbocycles. The molecule has 1 atom stereocenters. The summed E-state index contributed by atoms with van der Waals surface area (Å²) in [6.07, 6.45) is 4.34. The van der Waals surface area contributed by atoms with Crippen molar-refractivity contribution in [3.63, 3.8) is 0 Å². The molecular formula is C21H26N2O3. The van der Waals surface area contributed by atoms with Gasteiger partial charge in [-0.3, -0.25) is 0 Å². The highest BCUT2D eigenvalue weighted by molar-refractivity contribution is 5.73. The number of azo groups is 1. The van der Waals surface area contributed by atoms with Gasteiger partial charge in [0.25, 0.3) is 0 Å². The third kappa shape index (κ3) is 6.67. The molecule has 0 bridgehead atoms. The van der Waals surface area contributed by atoms with Crippen molar-refractivity contribution in [1.29, 1.82) is 0 Å². The number of benzene rings is 2. The number of ether oxygens (including phenoxy) is 1. The van der Waals surface area contributed by atoms with E-state index < -0.39 is 12.0 Å². The highest BCUT2D eigenvalue weighted by Crippen LogP contribution is 2.27. The highest BCUT2D eigenvalue weighted by Gasteiger charge is 2.16. The molecule has 5 heteroatoms. The van der Waals surface area contributed by atoms with E-state index in [1.54, 1.807) is 12.1 Å². The number of unbranched alkanes of at least 4 members (excludes halogenated alkanes) is 2. The Labute approximate surface area is 154 Å². The maximum absolute atomic E-state index is 11.4. The van der Waals surface area contributed by atoms with E-state index in [0.29, 0.717) is 24.5 Å². The summed E-state index contributed by atoms with van der Waals surface area (Å²) >= 11 is 0. The number of nitrogens with zero attached hydrogens (tertiary/aromatic N) is 2. The topological polar surface area (TPSA) is 71.2 Å². The van der Waals surface area contributed by atoms with Crippen LogP contribution >= 0.6 is 0 Å². The van der Waals surface area contributed by atoms with Crippen LogP contribution in [0.2, 0.25) is 0 Å². The van der Waals surface area contributed by atoms with Crippen molar-refractivity contribution in [3.8, 4) is 5.75 Å². The fourth-order valence-corrected chi connectivity index (χ4v) is 2.67. The lowest BCUT2D eigenvalue weighted by Gasteiger charge is -2.08. The van der Waals surface area contributed by atoms with Gasteiger partial charge >= 0.3 is 5.97 Å². The summed E-state index contributed by atoms with van der Waals surface area (Å²) in [7, 11) is 0. The molecule has 5 nitrogen and oxygen atoms in total. The van der Waals surface area contributed by atoms with Crippen molar-refractivity contribution in [3.05, 3.63) is 60.2 Å². The van der Waals surface area contributed by atoms with Crippen LogP contribution in [0.4, 0.5) is 5.69 Å². The number of carboxylic acids is 1. The normalized spacial score (nSPS) is 12.2. The monoisotopic (exact) mass is 354 g/mol. The minimum atomic E-state index is -0.939. The van der Waals surface area contributed by atoms with Gasteiger partial charge in [0, 0.05) is 0 Å². The molecule has 1 unspecified atom stereocenters. The lowest BCUT2D eigenvalue weighted by Crippen LogP contribution is -2.17. The second-order valence-electron chi connectivity index (χ2n) is 6.06. The molecule has 0 amide bonds. The van der Waals surface area contributed by atoms with Gasteiger partial charge in [-0.15, -0.1) is 0 Å². The fourth-order valence-electron chi connectivity index (χ4n) is 2.67. The number of aliphatic carboxylic acids is 1. The first kappa shape index (κ1) is 19.6. The minimum absolute atomic E-state index is 0.491. The molecule has 0 aliphatic rings. The molecule has 2 rings (SSSR count). The number of rotatable bonds is 11. The second-order valence-corrected chi connectivity index (χ2v) is 6.06. The summed E-state index contributed by atoms with van der Waals surface area (Å²) < 4.78 is 5.48. The molecule has 0 aliphatic carbocycles. The summed E-state index contributed by atoms with van der Waals surface area (Å²) in [5, 5.41) is 17.5. The van der Waals surface area contributed by atoms with Crippen molar-refractivity contribution >= 4 is 11.7 Å². The zero-order chi connectivity index (χ0) is 18.6. The predicted octanol–water partition coefficient (Wildman–Crippen LogP) is 5.43. The maximum atomic E-state index is 11.4. The molecule has 0 aromatic heterocycles. The number of hydrogen-bond donors (Lipinski definition) is 1. The number of para-hydroxylation sites is 1. The number of carboxylic acid groups (broad SMARTS) is 1. The Bertz CT molecular complexity index is 701. The van der Waals surface area contributed by atoms with Crippen LogP contribution < -0.4 is 4.74 Å². The molecule has 138 valence electrons. The Morgan fingerprint density at radius 3 is 2.50 bits per heavy atom. The van der Waals surface area contributed by atoms with Crippen molar-refractivity contribution in [1.82, 2.24) is 0 Å². The molecule has 0 aliphatic heterocycles. The van der Waals surface area contributed by atoms with Crippen LogP contribution in [-0.2, 0) is 11.2 Å². The summed E-state index contributed by atoms with van der Waals surface area (Å²) in [6.45, 7) is 2.42. The van der Waals surface area contributed by atoms with Crippen LogP contribution in [-0.4, -0.2) is 23.7 Å². The fraction of sp³-hybridized carbons (Fsp3) is 0.381. The quantitative estimate of drug-likeness (QED) is 0.432. The Balaban J connectivity index is 1.82. The maximum Gasteiger partial charge on any atom is 0.330 e. The van der Waals surface area contributed by atoms with E-state index in [1.165, 1.54) is 5.56 Å². The SMILES string of the molecule is CCOc1ccccc1N=NC(CCCCCc1ccccc1)C(=O)O. The Hall–Kier alpha value is -2.69. The first-order valence-electron chi connectivity index (χ1n) is 9.10. The van der Waals surface area contributed by atoms with E-state index >= 15 is 0 Å². The molecule has 0 heterocycles. The molecule has 2 aromatic rings. The van der Waals surface area contributed by atoms with E-state index in [4.69, 9.17) is 4.74 Å². The van der Waals surface area contributed by atoms with Gasteiger partial charge in [-0.2, -0.15) is 10.2 Å². The second kappa shape index (κ2) is 11.0. The van der Waals surface area contributed by atoms with E-state index in [0.717, 1.165) is 25.7 Å². The molecule has 0 saturated heterocycles.